The van der Waals surface area contributed by atoms with Crippen LogP contribution < -0.4 is 5.32 Å². The molecule has 3 rings (SSSR count). The molecule has 1 N–H and O–H groups in total. The number of hydrogen-bond donors (Lipinski definition) is 1. The lowest BCUT2D eigenvalue weighted by atomic mass is 10.0. The van der Waals surface area contributed by atoms with Crippen molar-refractivity contribution in [3.05, 3.63) is 35.4 Å². The molecule has 2 heterocycles. The number of carbonyl (C=O) groups excluding carboxylic acids is 1. The quantitative estimate of drug-likeness (QED) is 0.926. The number of hydrogen-bond acceptors (Lipinski definition) is 3. The number of benzene rings is 1. The van der Waals surface area contributed by atoms with Crippen LogP contribution in [-0.4, -0.2) is 49.2 Å². The fourth-order valence-corrected chi connectivity index (χ4v) is 3.29. The molecule has 1 aromatic rings. The van der Waals surface area contributed by atoms with Gasteiger partial charge in [-0.1, -0.05) is 12.1 Å². The molecule has 126 valence electrons. The molecule has 1 aromatic carbocycles. The Bertz CT molecular complexity index is 571. The maximum absolute atomic E-state index is 13.0. The van der Waals surface area contributed by atoms with Crippen molar-refractivity contribution in [2.75, 3.05) is 26.3 Å². The lowest BCUT2D eigenvalue weighted by Crippen LogP contribution is -2.50. The second-order valence-corrected chi connectivity index (χ2v) is 5.97. The summed E-state index contributed by atoms with van der Waals surface area (Å²) in [6.45, 7) is 2.73. The van der Waals surface area contributed by atoms with Gasteiger partial charge in [0.05, 0.1) is 36.4 Å². The van der Waals surface area contributed by atoms with E-state index in [1.165, 1.54) is 18.2 Å². The first-order chi connectivity index (χ1) is 11.0. The second-order valence-electron chi connectivity index (χ2n) is 5.97. The van der Waals surface area contributed by atoms with Gasteiger partial charge in [0, 0.05) is 0 Å². The fourth-order valence-electron chi connectivity index (χ4n) is 3.29. The monoisotopic (exact) mass is 328 g/mol. The summed E-state index contributed by atoms with van der Waals surface area (Å²) >= 11 is 0. The van der Waals surface area contributed by atoms with E-state index in [1.807, 2.05) is 0 Å². The van der Waals surface area contributed by atoms with E-state index in [0.717, 1.165) is 32.0 Å². The largest absolute Gasteiger partial charge is 0.417 e. The van der Waals surface area contributed by atoms with E-state index in [-0.39, 0.29) is 17.6 Å². The molecule has 0 unspecified atom stereocenters. The predicted octanol–water partition coefficient (Wildman–Crippen LogP) is 2.30. The highest BCUT2D eigenvalue weighted by Gasteiger charge is 2.38. The van der Waals surface area contributed by atoms with Crippen molar-refractivity contribution >= 4 is 5.91 Å². The molecular formula is C16H19F3N2O2. The molecular weight excluding hydrogens is 309 g/mol. The minimum atomic E-state index is -4.55. The molecule has 2 atom stereocenters. The Morgan fingerprint density at radius 3 is 2.57 bits per heavy atom. The summed E-state index contributed by atoms with van der Waals surface area (Å²) in [5.41, 5.74) is -1.25. The zero-order valence-corrected chi connectivity index (χ0v) is 12.6. The zero-order valence-electron chi connectivity index (χ0n) is 12.6. The highest BCUT2D eigenvalue weighted by Crippen LogP contribution is 2.32. The van der Waals surface area contributed by atoms with Crippen molar-refractivity contribution in [3.63, 3.8) is 0 Å². The fraction of sp³-hybridized carbons (Fsp3) is 0.562. The summed E-state index contributed by atoms with van der Waals surface area (Å²) < 4.78 is 44.5. The first-order valence-corrected chi connectivity index (χ1v) is 7.75. The van der Waals surface area contributed by atoms with E-state index < -0.39 is 17.6 Å². The summed E-state index contributed by atoms with van der Waals surface area (Å²) in [6, 6.07) is 4.62. The molecule has 0 saturated carbocycles. The number of nitrogens with zero attached hydrogens (tertiary/aromatic N) is 1. The van der Waals surface area contributed by atoms with E-state index in [9.17, 15) is 18.0 Å². The number of amides is 1. The van der Waals surface area contributed by atoms with Crippen LogP contribution in [0.15, 0.2) is 24.3 Å². The third-order valence-corrected chi connectivity index (χ3v) is 4.45. The van der Waals surface area contributed by atoms with E-state index >= 15 is 0 Å². The average molecular weight is 328 g/mol. The van der Waals surface area contributed by atoms with Gasteiger partial charge in [0.1, 0.15) is 0 Å². The van der Waals surface area contributed by atoms with E-state index in [4.69, 9.17) is 4.74 Å². The molecule has 2 fully saturated rings. The van der Waals surface area contributed by atoms with Crippen LogP contribution in [0.1, 0.15) is 28.8 Å². The SMILES string of the molecule is O=C(N[C@@H]1COC[C@H]1N1CCCC1)c1ccccc1C(F)(F)F. The van der Waals surface area contributed by atoms with Gasteiger partial charge in [-0.05, 0) is 38.1 Å². The normalized spacial score (nSPS) is 25.7. The Morgan fingerprint density at radius 1 is 1.17 bits per heavy atom. The third-order valence-electron chi connectivity index (χ3n) is 4.45. The van der Waals surface area contributed by atoms with Gasteiger partial charge in [-0.3, -0.25) is 9.69 Å². The topological polar surface area (TPSA) is 41.6 Å². The van der Waals surface area contributed by atoms with E-state index in [1.54, 1.807) is 0 Å². The van der Waals surface area contributed by atoms with Crippen LogP contribution in [0.2, 0.25) is 0 Å². The summed E-state index contributed by atoms with van der Waals surface area (Å²) in [4.78, 5) is 14.6. The number of halogens is 3. The van der Waals surface area contributed by atoms with Crippen LogP contribution in [0, 0.1) is 0 Å². The van der Waals surface area contributed by atoms with Crippen molar-refractivity contribution in [2.45, 2.75) is 31.1 Å². The van der Waals surface area contributed by atoms with E-state index in [0.29, 0.717) is 13.2 Å². The van der Waals surface area contributed by atoms with Gasteiger partial charge < -0.3 is 10.1 Å². The standard InChI is InChI=1S/C16H19F3N2O2/c17-16(18,19)12-6-2-1-5-11(12)15(22)20-13-9-23-10-14(13)21-7-3-4-8-21/h1-2,5-6,13-14H,3-4,7-10H2,(H,20,22)/t13-,14-/m1/s1. The maximum Gasteiger partial charge on any atom is 0.417 e. The number of nitrogens with one attached hydrogen (secondary N) is 1. The molecule has 2 aliphatic heterocycles. The number of rotatable bonds is 3. The molecule has 2 aliphatic rings. The molecule has 0 aliphatic carbocycles. The molecule has 2 saturated heterocycles. The number of likely N-dealkylation sites (tertiary alicyclic amines) is 1. The molecule has 4 nitrogen and oxygen atoms in total. The van der Waals surface area contributed by atoms with Crippen LogP contribution in [0.4, 0.5) is 13.2 Å². The summed E-state index contributed by atoms with van der Waals surface area (Å²) in [5.74, 6) is -0.697. The minimum Gasteiger partial charge on any atom is -0.378 e. The molecule has 1 amide bonds. The van der Waals surface area contributed by atoms with Crippen LogP contribution in [0.3, 0.4) is 0 Å². The lowest BCUT2D eigenvalue weighted by Gasteiger charge is -2.28. The van der Waals surface area contributed by atoms with Gasteiger partial charge >= 0.3 is 6.18 Å². The lowest BCUT2D eigenvalue weighted by molar-refractivity contribution is -0.137. The number of carbonyl (C=O) groups is 1. The predicted molar refractivity (Wildman–Crippen MR) is 78.1 cm³/mol. The Labute approximate surface area is 132 Å². The van der Waals surface area contributed by atoms with Crippen molar-refractivity contribution < 1.29 is 22.7 Å². The van der Waals surface area contributed by atoms with Crippen molar-refractivity contribution in [1.82, 2.24) is 10.2 Å². The molecule has 7 heteroatoms. The first kappa shape index (κ1) is 16.3. The van der Waals surface area contributed by atoms with Gasteiger partial charge in [-0.2, -0.15) is 13.2 Å². The van der Waals surface area contributed by atoms with Gasteiger partial charge in [0.25, 0.3) is 5.91 Å². The van der Waals surface area contributed by atoms with Gasteiger partial charge in [-0.15, -0.1) is 0 Å². The molecule has 0 aromatic heterocycles. The highest BCUT2D eigenvalue weighted by molar-refractivity contribution is 5.96. The highest BCUT2D eigenvalue weighted by atomic mass is 19.4. The van der Waals surface area contributed by atoms with E-state index in [2.05, 4.69) is 10.2 Å². The first-order valence-electron chi connectivity index (χ1n) is 7.75. The van der Waals surface area contributed by atoms with Crippen molar-refractivity contribution in [2.24, 2.45) is 0 Å². The van der Waals surface area contributed by atoms with Crippen molar-refractivity contribution in [1.29, 1.82) is 0 Å². The maximum atomic E-state index is 13.0. The molecule has 23 heavy (non-hydrogen) atoms. The third kappa shape index (κ3) is 3.50. The summed E-state index contributed by atoms with van der Waals surface area (Å²) in [6.07, 6.45) is -2.34. The van der Waals surface area contributed by atoms with Crippen LogP contribution in [-0.2, 0) is 10.9 Å². The van der Waals surface area contributed by atoms with Crippen LogP contribution in [0.5, 0.6) is 0 Å². The zero-order chi connectivity index (χ0) is 16.4. The van der Waals surface area contributed by atoms with Crippen molar-refractivity contribution in [3.8, 4) is 0 Å². The molecule has 0 spiro atoms. The van der Waals surface area contributed by atoms with Crippen LogP contribution >= 0.6 is 0 Å². The average Bonchev–Trinajstić information content (AvgIpc) is 3.17. The smallest absolute Gasteiger partial charge is 0.378 e. The van der Waals surface area contributed by atoms with Gasteiger partial charge in [-0.25, -0.2) is 0 Å². The van der Waals surface area contributed by atoms with Crippen LogP contribution in [0.25, 0.3) is 0 Å². The second kappa shape index (κ2) is 6.49. The Morgan fingerprint density at radius 2 is 1.87 bits per heavy atom. The van der Waals surface area contributed by atoms with Gasteiger partial charge in [0.2, 0.25) is 0 Å². The Balaban J connectivity index is 1.74. The minimum absolute atomic E-state index is 0.0412. The molecule has 0 bridgehead atoms. The number of alkyl halides is 3. The Kier molecular flexibility index (Phi) is 4.59. The van der Waals surface area contributed by atoms with Gasteiger partial charge in [0.15, 0.2) is 0 Å². The molecule has 0 radical (unpaired) electrons. The summed E-state index contributed by atoms with van der Waals surface area (Å²) in [5, 5.41) is 2.73. The summed E-state index contributed by atoms with van der Waals surface area (Å²) in [7, 11) is 0. The Hall–Kier alpha value is -1.60. The number of ether oxygens (including phenoxy) is 1.